The summed E-state index contributed by atoms with van der Waals surface area (Å²) >= 11 is 0. The van der Waals surface area contributed by atoms with Crippen molar-refractivity contribution in [3.63, 3.8) is 0 Å². The molecule has 3 heteroatoms. The van der Waals surface area contributed by atoms with Gasteiger partial charge < -0.3 is 9.73 Å². The lowest BCUT2D eigenvalue weighted by Gasteiger charge is -2.16. The average Bonchev–Trinajstić information content (AvgIpc) is 2.33. The minimum absolute atomic E-state index is 0.528. The summed E-state index contributed by atoms with van der Waals surface area (Å²) in [6.45, 7) is 3.00. The molecule has 10 heavy (non-hydrogen) atoms. The predicted octanol–water partition coefficient (Wildman–Crippen LogP) is 0.709. The molecule has 0 saturated carbocycles. The van der Waals surface area contributed by atoms with E-state index in [2.05, 4.69) is 17.2 Å². The summed E-state index contributed by atoms with van der Waals surface area (Å²) in [5.74, 6) is 1.05. The Kier molecular flexibility index (Phi) is 1.24. The molecule has 1 aliphatic rings. The molecule has 3 nitrogen and oxygen atoms in total. The summed E-state index contributed by atoms with van der Waals surface area (Å²) in [7, 11) is 0. The van der Waals surface area contributed by atoms with Crippen molar-refractivity contribution in [2.24, 2.45) is 0 Å². The lowest BCUT2D eigenvalue weighted by molar-refractivity contribution is 0.425. The van der Waals surface area contributed by atoms with Crippen LogP contribution in [0.15, 0.2) is 10.8 Å². The fraction of sp³-hybridized carbons (Fsp3) is 0.571. The molecule has 0 radical (unpaired) electrons. The average molecular weight is 138 g/mol. The maximum Gasteiger partial charge on any atom is 0.181 e. The van der Waals surface area contributed by atoms with Crippen LogP contribution in [0.3, 0.4) is 0 Å². The van der Waals surface area contributed by atoms with E-state index in [0.29, 0.717) is 6.04 Å². The van der Waals surface area contributed by atoms with E-state index < -0.39 is 0 Å². The number of hydrogen-bond donors (Lipinski definition) is 1. The van der Waals surface area contributed by atoms with Gasteiger partial charge in [-0.2, -0.15) is 0 Å². The topological polar surface area (TPSA) is 38.1 Å². The first-order chi connectivity index (χ1) is 4.86. The molecule has 0 amide bonds. The van der Waals surface area contributed by atoms with Crippen molar-refractivity contribution in [1.29, 1.82) is 0 Å². The Balaban J connectivity index is 2.30. The SMILES string of the molecule is CC1Cc2ocnc2CN1. The molecular weight excluding hydrogens is 128 g/mol. The summed E-state index contributed by atoms with van der Waals surface area (Å²) in [5, 5.41) is 3.30. The molecule has 0 bridgehead atoms. The smallest absolute Gasteiger partial charge is 0.181 e. The Morgan fingerprint density at radius 1 is 1.80 bits per heavy atom. The van der Waals surface area contributed by atoms with Crippen molar-refractivity contribution in [3.05, 3.63) is 17.8 Å². The van der Waals surface area contributed by atoms with Gasteiger partial charge in [0.25, 0.3) is 0 Å². The van der Waals surface area contributed by atoms with Crippen molar-refractivity contribution in [2.75, 3.05) is 0 Å². The number of nitrogens with one attached hydrogen (secondary N) is 1. The molecule has 1 aromatic rings. The van der Waals surface area contributed by atoms with Crippen LogP contribution in [-0.4, -0.2) is 11.0 Å². The molecule has 1 aliphatic heterocycles. The van der Waals surface area contributed by atoms with E-state index in [0.717, 1.165) is 24.4 Å². The van der Waals surface area contributed by atoms with Gasteiger partial charge in [0.15, 0.2) is 6.39 Å². The van der Waals surface area contributed by atoms with Crippen molar-refractivity contribution < 1.29 is 4.42 Å². The van der Waals surface area contributed by atoms with Gasteiger partial charge in [-0.3, -0.25) is 0 Å². The Hall–Kier alpha value is -0.830. The van der Waals surface area contributed by atoms with Crippen molar-refractivity contribution in [3.8, 4) is 0 Å². The Morgan fingerprint density at radius 3 is 3.60 bits per heavy atom. The van der Waals surface area contributed by atoms with Crippen LogP contribution < -0.4 is 5.32 Å². The molecule has 54 valence electrons. The minimum atomic E-state index is 0.528. The highest BCUT2D eigenvalue weighted by Crippen LogP contribution is 2.13. The normalized spacial score (nSPS) is 24.3. The van der Waals surface area contributed by atoms with Gasteiger partial charge in [-0.1, -0.05) is 0 Å². The second-order valence-electron chi connectivity index (χ2n) is 2.71. The number of aromatic nitrogens is 1. The molecule has 0 fully saturated rings. The zero-order valence-corrected chi connectivity index (χ0v) is 5.92. The molecule has 0 aliphatic carbocycles. The third kappa shape index (κ3) is 0.827. The molecular formula is C7H10N2O. The summed E-state index contributed by atoms with van der Waals surface area (Å²) in [6, 6.07) is 0.528. The molecule has 1 atom stereocenters. The highest BCUT2D eigenvalue weighted by atomic mass is 16.3. The molecule has 1 N–H and O–H groups in total. The van der Waals surface area contributed by atoms with E-state index in [9.17, 15) is 0 Å². The van der Waals surface area contributed by atoms with Crippen LogP contribution >= 0.6 is 0 Å². The van der Waals surface area contributed by atoms with Gasteiger partial charge in [-0.05, 0) is 6.92 Å². The van der Waals surface area contributed by atoms with E-state index in [1.54, 1.807) is 0 Å². The Labute approximate surface area is 59.4 Å². The third-order valence-electron chi connectivity index (χ3n) is 1.83. The van der Waals surface area contributed by atoms with Gasteiger partial charge in [0.2, 0.25) is 0 Å². The molecule has 0 aromatic carbocycles. The molecule has 0 spiro atoms. The largest absolute Gasteiger partial charge is 0.448 e. The fourth-order valence-corrected chi connectivity index (χ4v) is 1.22. The first-order valence-electron chi connectivity index (χ1n) is 3.51. The maximum absolute atomic E-state index is 5.18. The lowest BCUT2D eigenvalue weighted by atomic mass is 10.1. The fourth-order valence-electron chi connectivity index (χ4n) is 1.22. The molecule has 1 unspecified atom stereocenters. The molecule has 2 heterocycles. The van der Waals surface area contributed by atoms with Crippen LogP contribution in [-0.2, 0) is 13.0 Å². The van der Waals surface area contributed by atoms with Crippen LogP contribution in [0.4, 0.5) is 0 Å². The van der Waals surface area contributed by atoms with Crippen LogP contribution in [0.2, 0.25) is 0 Å². The number of fused-ring (bicyclic) bond motifs is 1. The van der Waals surface area contributed by atoms with E-state index >= 15 is 0 Å². The second kappa shape index (κ2) is 2.09. The summed E-state index contributed by atoms with van der Waals surface area (Å²) in [6.07, 6.45) is 2.49. The third-order valence-corrected chi connectivity index (χ3v) is 1.83. The monoisotopic (exact) mass is 138 g/mol. The van der Waals surface area contributed by atoms with Gasteiger partial charge in [0.1, 0.15) is 5.76 Å². The first-order valence-corrected chi connectivity index (χ1v) is 3.51. The van der Waals surface area contributed by atoms with Crippen LogP contribution in [0.5, 0.6) is 0 Å². The zero-order chi connectivity index (χ0) is 6.97. The van der Waals surface area contributed by atoms with Crippen LogP contribution in [0.25, 0.3) is 0 Å². The quantitative estimate of drug-likeness (QED) is 0.573. The number of hydrogen-bond acceptors (Lipinski definition) is 3. The lowest BCUT2D eigenvalue weighted by Crippen LogP contribution is -2.32. The molecule has 2 rings (SSSR count). The van der Waals surface area contributed by atoms with Gasteiger partial charge in [-0.25, -0.2) is 4.98 Å². The van der Waals surface area contributed by atoms with E-state index in [1.165, 1.54) is 6.39 Å². The number of oxazole rings is 1. The van der Waals surface area contributed by atoms with E-state index in [1.807, 2.05) is 0 Å². The zero-order valence-electron chi connectivity index (χ0n) is 5.92. The highest BCUT2D eigenvalue weighted by Gasteiger charge is 2.17. The molecule has 0 saturated heterocycles. The van der Waals surface area contributed by atoms with Gasteiger partial charge in [0, 0.05) is 19.0 Å². The highest BCUT2D eigenvalue weighted by molar-refractivity contribution is 5.11. The van der Waals surface area contributed by atoms with Gasteiger partial charge in [-0.15, -0.1) is 0 Å². The Bertz CT molecular complexity index is 231. The summed E-state index contributed by atoms with van der Waals surface area (Å²) in [5.41, 5.74) is 1.07. The summed E-state index contributed by atoms with van der Waals surface area (Å²) in [4.78, 5) is 4.06. The number of rotatable bonds is 0. The predicted molar refractivity (Wildman–Crippen MR) is 36.5 cm³/mol. The van der Waals surface area contributed by atoms with Crippen molar-refractivity contribution >= 4 is 0 Å². The van der Waals surface area contributed by atoms with Crippen molar-refractivity contribution in [1.82, 2.24) is 10.3 Å². The van der Waals surface area contributed by atoms with E-state index in [4.69, 9.17) is 4.42 Å². The Morgan fingerprint density at radius 2 is 2.70 bits per heavy atom. The standard InChI is InChI=1S/C7H10N2O/c1-5-2-7-6(3-8-5)9-4-10-7/h4-5,8H,2-3H2,1H3. The second-order valence-corrected chi connectivity index (χ2v) is 2.71. The number of nitrogens with zero attached hydrogens (tertiary/aromatic N) is 1. The van der Waals surface area contributed by atoms with Crippen LogP contribution in [0, 0.1) is 0 Å². The molecule has 1 aromatic heterocycles. The first kappa shape index (κ1) is 5.92. The van der Waals surface area contributed by atoms with Gasteiger partial charge in [0.05, 0.1) is 5.69 Å². The summed E-state index contributed by atoms with van der Waals surface area (Å²) < 4.78 is 5.18. The van der Waals surface area contributed by atoms with Crippen molar-refractivity contribution in [2.45, 2.75) is 25.9 Å². The maximum atomic E-state index is 5.18. The van der Waals surface area contributed by atoms with E-state index in [-0.39, 0.29) is 0 Å². The minimum Gasteiger partial charge on any atom is -0.448 e. The van der Waals surface area contributed by atoms with Crippen LogP contribution in [0.1, 0.15) is 18.4 Å². The van der Waals surface area contributed by atoms with Gasteiger partial charge >= 0.3 is 0 Å².